The summed E-state index contributed by atoms with van der Waals surface area (Å²) in [6, 6.07) is 4.81. The van der Waals surface area contributed by atoms with E-state index in [2.05, 4.69) is 39.9 Å². The van der Waals surface area contributed by atoms with E-state index < -0.39 is 5.82 Å². The maximum atomic E-state index is 13.8. The fourth-order valence-corrected chi connectivity index (χ4v) is 1.72. The molecule has 0 heterocycles. The molecule has 0 bridgehead atoms. The standard InChI is InChI=1S/C15H23ClFNO/c1-10(2)13(9-18-15(3,4)5)19-12-8-6-7-11(16)14(12)17/h6-8,10,13,18H,9H2,1-5H3. The first kappa shape index (κ1) is 16.3. The topological polar surface area (TPSA) is 21.3 Å². The largest absolute Gasteiger partial charge is 0.486 e. The highest BCUT2D eigenvalue weighted by atomic mass is 35.5. The molecular formula is C15H23ClFNO. The van der Waals surface area contributed by atoms with Crippen molar-refractivity contribution in [3.05, 3.63) is 29.0 Å². The summed E-state index contributed by atoms with van der Waals surface area (Å²) in [6.45, 7) is 11.0. The van der Waals surface area contributed by atoms with Gasteiger partial charge in [0.15, 0.2) is 11.6 Å². The molecule has 0 radical (unpaired) electrons. The van der Waals surface area contributed by atoms with Gasteiger partial charge in [0.2, 0.25) is 0 Å². The van der Waals surface area contributed by atoms with Crippen LogP contribution in [-0.2, 0) is 0 Å². The summed E-state index contributed by atoms with van der Waals surface area (Å²) in [7, 11) is 0. The Morgan fingerprint density at radius 2 is 1.95 bits per heavy atom. The van der Waals surface area contributed by atoms with Crippen molar-refractivity contribution in [1.82, 2.24) is 5.32 Å². The molecule has 0 aliphatic carbocycles. The summed E-state index contributed by atoms with van der Waals surface area (Å²) in [5, 5.41) is 3.46. The summed E-state index contributed by atoms with van der Waals surface area (Å²) in [5.74, 6) is -0.0132. The van der Waals surface area contributed by atoms with Gasteiger partial charge >= 0.3 is 0 Å². The van der Waals surface area contributed by atoms with Gasteiger partial charge in [-0.2, -0.15) is 0 Å². The van der Waals surface area contributed by atoms with Crippen molar-refractivity contribution in [3.63, 3.8) is 0 Å². The quantitative estimate of drug-likeness (QED) is 0.873. The molecule has 1 aromatic rings. The van der Waals surface area contributed by atoms with Gasteiger partial charge in [-0.15, -0.1) is 0 Å². The Morgan fingerprint density at radius 1 is 1.32 bits per heavy atom. The zero-order valence-electron chi connectivity index (χ0n) is 12.3. The number of hydrogen-bond acceptors (Lipinski definition) is 2. The van der Waals surface area contributed by atoms with Crippen LogP contribution in [0.15, 0.2) is 18.2 Å². The van der Waals surface area contributed by atoms with Crippen molar-refractivity contribution in [1.29, 1.82) is 0 Å². The second-order valence-electron chi connectivity index (χ2n) is 6.08. The summed E-state index contributed by atoms with van der Waals surface area (Å²) >= 11 is 5.76. The Kier molecular flexibility index (Phi) is 5.63. The van der Waals surface area contributed by atoms with E-state index in [1.54, 1.807) is 12.1 Å². The monoisotopic (exact) mass is 287 g/mol. The first-order chi connectivity index (χ1) is 8.70. The fraction of sp³-hybridized carbons (Fsp3) is 0.600. The van der Waals surface area contributed by atoms with Crippen molar-refractivity contribution >= 4 is 11.6 Å². The van der Waals surface area contributed by atoms with E-state index in [0.29, 0.717) is 6.54 Å². The van der Waals surface area contributed by atoms with E-state index >= 15 is 0 Å². The van der Waals surface area contributed by atoms with E-state index in [0.717, 1.165) is 0 Å². The number of rotatable bonds is 5. The van der Waals surface area contributed by atoms with Gasteiger partial charge in [-0.05, 0) is 38.8 Å². The van der Waals surface area contributed by atoms with Gasteiger partial charge in [0.05, 0.1) is 5.02 Å². The third-order valence-electron chi connectivity index (χ3n) is 2.77. The van der Waals surface area contributed by atoms with Gasteiger partial charge < -0.3 is 10.1 Å². The highest BCUT2D eigenvalue weighted by Crippen LogP contribution is 2.26. The van der Waals surface area contributed by atoms with Crippen LogP contribution in [0.25, 0.3) is 0 Å². The third-order valence-corrected chi connectivity index (χ3v) is 3.06. The zero-order valence-corrected chi connectivity index (χ0v) is 13.0. The number of hydrogen-bond donors (Lipinski definition) is 1. The molecule has 0 saturated carbocycles. The molecule has 0 spiro atoms. The van der Waals surface area contributed by atoms with E-state index in [4.69, 9.17) is 16.3 Å². The molecule has 19 heavy (non-hydrogen) atoms. The van der Waals surface area contributed by atoms with Crippen molar-refractivity contribution < 1.29 is 9.13 Å². The lowest BCUT2D eigenvalue weighted by Crippen LogP contribution is -2.44. The molecule has 0 fully saturated rings. The van der Waals surface area contributed by atoms with Crippen LogP contribution in [0.3, 0.4) is 0 Å². The molecule has 2 nitrogen and oxygen atoms in total. The van der Waals surface area contributed by atoms with Gasteiger partial charge in [0, 0.05) is 12.1 Å². The van der Waals surface area contributed by atoms with E-state index in [1.807, 2.05) is 0 Å². The van der Waals surface area contributed by atoms with Crippen LogP contribution in [0.1, 0.15) is 34.6 Å². The minimum atomic E-state index is -0.495. The predicted molar refractivity (Wildman–Crippen MR) is 78.4 cm³/mol. The van der Waals surface area contributed by atoms with Gasteiger partial charge in [0.25, 0.3) is 0 Å². The molecule has 1 rings (SSSR count). The van der Waals surface area contributed by atoms with Gasteiger partial charge in [-0.1, -0.05) is 31.5 Å². The second kappa shape index (κ2) is 6.58. The number of nitrogens with one attached hydrogen (secondary N) is 1. The zero-order chi connectivity index (χ0) is 14.6. The molecule has 0 saturated heterocycles. The lowest BCUT2D eigenvalue weighted by Gasteiger charge is -2.28. The Labute approximate surface area is 120 Å². The highest BCUT2D eigenvalue weighted by Gasteiger charge is 2.20. The van der Waals surface area contributed by atoms with Crippen LogP contribution >= 0.6 is 11.6 Å². The molecule has 0 amide bonds. The number of benzene rings is 1. The van der Waals surface area contributed by atoms with Crippen molar-refractivity contribution in [2.24, 2.45) is 5.92 Å². The lowest BCUT2D eigenvalue weighted by atomic mass is 10.0. The van der Waals surface area contributed by atoms with E-state index in [9.17, 15) is 4.39 Å². The van der Waals surface area contributed by atoms with E-state index in [1.165, 1.54) is 6.07 Å². The smallest absolute Gasteiger partial charge is 0.183 e. The van der Waals surface area contributed by atoms with Crippen molar-refractivity contribution in [2.75, 3.05) is 6.54 Å². The SMILES string of the molecule is CC(C)C(CNC(C)(C)C)Oc1cccc(Cl)c1F. The molecule has 1 atom stereocenters. The minimum Gasteiger partial charge on any atom is -0.486 e. The normalized spacial score (nSPS) is 13.7. The molecule has 1 N–H and O–H groups in total. The van der Waals surface area contributed by atoms with Gasteiger partial charge in [-0.25, -0.2) is 4.39 Å². The average Bonchev–Trinajstić information content (AvgIpc) is 2.28. The summed E-state index contributed by atoms with van der Waals surface area (Å²) in [4.78, 5) is 0. The Balaban J connectivity index is 2.76. The molecule has 1 aromatic carbocycles. The van der Waals surface area contributed by atoms with Gasteiger partial charge in [-0.3, -0.25) is 0 Å². The fourth-order valence-electron chi connectivity index (χ4n) is 1.56. The van der Waals surface area contributed by atoms with Crippen LogP contribution in [0.5, 0.6) is 5.75 Å². The van der Waals surface area contributed by atoms with E-state index in [-0.39, 0.29) is 28.3 Å². The molecule has 0 aliphatic heterocycles. The molecule has 108 valence electrons. The number of ether oxygens (including phenoxy) is 1. The number of halogens is 2. The van der Waals surface area contributed by atoms with Crippen LogP contribution < -0.4 is 10.1 Å². The molecule has 1 unspecified atom stereocenters. The summed E-state index contributed by atoms with van der Waals surface area (Å²) in [5.41, 5.74) is 0.00335. The first-order valence-electron chi connectivity index (χ1n) is 6.56. The molecule has 4 heteroatoms. The van der Waals surface area contributed by atoms with Crippen molar-refractivity contribution in [3.8, 4) is 5.75 Å². The van der Waals surface area contributed by atoms with Crippen LogP contribution in [0.4, 0.5) is 4.39 Å². The lowest BCUT2D eigenvalue weighted by molar-refractivity contribution is 0.134. The minimum absolute atomic E-state index is 0.00335. The Hall–Kier alpha value is -0.800. The molecular weight excluding hydrogens is 265 g/mol. The first-order valence-corrected chi connectivity index (χ1v) is 6.94. The van der Waals surface area contributed by atoms with Gasteiger partial charge in [0.1, 0.15) is 6.10 Å². The summed E-state index contributed by atoms with van der Waals surface area (Å²) in [6.07, 6.45) is -0.104. The third kappa shape index (κ3) is 5.37. The molecule has 0 aromatic heterocycles. The Bertz CT molecular complexity index is 415. The second-order valence-corrected chi connectivity index (χ2v) is 6.49. The maximum absolute atomic E-state index is 13.8. The van der Waals surface area contributed by atoms with Crippen molar-refractivity contribution in [2.45, 2.75) is 46.3 Å². The maximum Gasteiger partial charge on any atom is 0.183 e. The van der Waals surface area contributed by atoms with Crippen LogP contribution in [0, 0.1) is 11.7 Å². The van der Waals surface area contributed by atoms with Crippen LogP contribution in [-0.4, -0.2) is 18.2 Å². The summed E-state index contributed by atoms with van der Waals surface area (Å²) < 4.78 is 19.6. The Morgan fingerprint density at radius 3 is 2.47 bits per heavy atom. The highest BCUT2D eigenvalue weighted by molar-refractivity contribution is 6.30. The van der Waals surface area contributed by atoms with Crippen LogP contribution in [0.2, 0.25) is 5.02 Å². The average molecular weight is 288 g/mol. The predicted octanol–water partition coefficient (Wildman–Crippen LogP) is 4.27. The molecule has 0 aliphatic rings.